The fourth-order valence-corrected chi connectivity index (χ4v) is 5.44. The third-order valence-corrected chi connectivity index (χ3v) is 6.66. The molecule has 25 heavy (non-hydrogen) atoms. The smallest absolute Gasteiger partial charge is 0.233 e. The standard InChI is InChI=1S/C18H25BrN2O3S/c1-25(23,24)20-16-7-11-21(12-8-16)17(22)18(9-2-3-10-18)14-5-4-6-15(19)13-14/h4-6,13,16,20H,2-3,7-12H2,1H3. The zero-order valence-electron chi connectivity index (χ0n) is 14.5. The van der Waals surface area contributed by atoms with Crippen molar-refractivity contribution >= 4 is 31.9 Å². The van der Waals surface area contributed by atoms with Crippen LogP contribution in [0.3, 0.4) is 0 Å². The van der Waals surface area contributed by atoms with E-state index < -0.39 is 15.4 Å². The van der Waals surface area contributed by atoms with Crippen molar-refractivity contribution in [1.82, 2.24) is 9.62 Å². The highest BCUT2D eigenvalue weighted by atomic mass is 79.9. The second kappa shape index (κ2) is 7.37. The van der Waals surface area contributed by atoms with Crippen LogP contribution >= 0.6 is 15.9 Å². The van der Waals surface area contributed by atoms with Crippen molar-refractivity contribution in [2.24, 2.45) is 0 Å². The van der Waals surface area contributed by atoms with Gasteiger partial charge in [0.2, 0.25) is 15.9 Å². The topological polar surface area (TPSA) is 66.5 Å². The predicted molar refractivity (Wildman–Crippen MR) is 102 cm³/mol. The second-order valence-electron chi connectivity index (χ2n) is 7.26. The van der Waals surface area contributed by atoms with Gasteiger partial charge in [-0.15, -0.1) is 0 Å². The number of hydrogen-bond acceptors (Lipinski definition) is 3. The lowest BCUT2D eigenvalue weighted by Gasteiger charge is -2.39. The third kappa shape index (κ3) is 4.26. The molecule has 7 heteroatoms. The summed E-state index contributed by atoms with van der Waals surface area (Å²) in [6, 6.07) is 8.05. The van der Waals surface area contributed by atoms with Gasteiger partial charge in [0.15, 0.2) is 0 Å². The highest BCUT2D eigenvalue weighted by molar-refractivity contribution is 9.10. The van der Waals surface area contributed by atoms with Crippen molar-refractivity contribution < 1.29 is 13.2 Å². The van der Waals surface area contributed by atoms with E-state index in [0.717, 1.165) is 35.7 Å². The van der Waals surface area contributed by atoms with E-state index in [1.54, 1.807) is 0 Å². The van der Waals surface area contributed by atoms with Gasteiger partial charge >= 0.3 is 0 Å². The lowest BCUT2D eigenvalue weighted by atomic mass is 9.77. The summed E-state index contributed by atoms with van der Waals surface area (Å²) in [5.41, 5.74) is 0.682. The van der Waals surface area contributed by atoms with Crippen LogP contribution in [-0.2, 0) is 20.2 Å². The van der Waals surface area contributed by atoms with E-state index in [0.29, 0.717) is 25.9 Å². The minimum Gasteiger partial charge on any atom is -0.342 e. The quantitative estimate of drug-likeness (QED) is 0.801. The van der Waals surface area contributed by atoms with Crippen molar-refractivity contribution in [2.45, 2.75) is 50.0 Å². The van der Waals surface area contributed by atoms with Gasteiger partial charge < -0.3 is 4.90 Å². The molecular weight excluding hydrogens is 404 g/mol. The molecule has 0 aromatic heterocycles. The number of nitrogens with zero attached hydrogens (tertiary/aromatic N) is 1. The number of carbonyl (C=O) groups is 1. The van der Waals surface area contributed by atoms with Crippen molar-refractivity contribution in [3.8, 4) is 0 Å². The van der Waals surface area contributed by atoms with Gasteiger partial charge in [-0.3, -0.25) is 4.79 Å². The molecule has 1 saturated heterocycles. The Morgan fingerprint density at radius 1 is 1.24 bits per heavy atom. The molecule has 0 spiro atoms. The summed E-state index contributed by atoms with van der Waals surface area (Å²) in [5, 5.41) is 0. The summed E-state index contributed by atoms with van der Waals surface area (Å²) in [6.45, 7) is 1.23. The summed E-state index contributed by atoms with van der Waals surface area (Å²) < 4.78 is 26.5. The molecule has 2 fully saturated rings. The number of hydrogen-bond donors (Lipinski definition) is 1. The summed E-state index contributed by atoms with van der Waals surface area (Å²) >= 11 is 3.52. The lowest BCUT2D eigenvalue weighted by Crippen LogP contribution is -2.51. The molecule has 1 amide bonds. The molecule has 138 valence electrons. The fourth-order valence-electron chi connectivity index (χ4n) is 4.20. The molecule has 1 heterocycles. The first kappa shape index (κ1) is 18.9. The van der Waals surface area contributed by atoms with Crippen LogP contribution < -0.4 is 4.72 Å². The second-order valence-corrected chi connectivity index (χ2v) is 9.95. The predicted octanol–water partition coefficient (Wildman–Crippen LogP) is 2.80. The molecule has 0 unspecified atom stereocenters. The normalized spacial score (nSPS) is 21.4. The number of nitrogens with one attached hydrogen (secondary N) is 1. The third-order valence-electron chi connectivity index (χ3n) is 5.41. The molecule has 1 saturated carbocycles. The zero-order chi connectivity index (χ0) is 18.1. The van der Waals surface area contributed by atoms with Crippen molar-refractivity contribution in [3.05, 3.63) is 34.3 Å². The summed E-state index contributed by atoms with van der Waals surface area (Å²) in [5.74, 6) is 0.209. The van der Waals surface area contributed by atoms with E-state index >= 15 is 0 Å². The number of benzene rings is 1. The van der Waals surface area contributed by atoms with E-state index in [1.807, 2.05) is 17.0 Å². The first-order chi connectivity index (χ1) is 11.8. The molecule has 5 nitrogen and oxygen atoms in total. The molecule has 1 aliphatic heterocycles. The van der Waals surface area contributed by atoms with Gasteiger partial charge in [-0.05, 0) is 43.4 Å². The number of carbonyl (C=O) groups excluding carboxylic acids is 1. The van der Waals surface area contributed by atoms with E-state index in [2.05, 4.69) is 32.8 Å². The van der Waals surface area contributed by atoms with Crippen molar-refractivity contribution in [3.63, 3.8) is 0 Å². The van der Waals surface area contributed by atoms with Gasteiger partial charge in [0.25, 0.3) is 0 Å². The van der Waals surface area contributed by atoms with Crippen LogP contribution in [0.2, 0.25) is 0 Å². The lowest BCUT2D eigenvalue weighted by molar-refractivity contribution is -0.138. The monoisotopic (exact) mass is 428 g/mol. The van der Waals surface area contributed by atoms with Crippen molar-refractivity contribution in [1.29, 1.82) is 0 Å². The van der Waals surface area contributed by atoms with E-state index in [1.165, 1.54) is 6.26 Å². The molecule has 0 atom stereocenters. The van der Waals surface area contributed by atoms with E-state index in [-0.39, 0.29) is 11.9 Å². The summed E-state index contributed by atoms with van der Waals surface area (Å²) in [7, 11) is -3.20. The molecule has 0 radical (unpaired) electrons. The maximum Gasteiger partial charge on any atom is 0.233 e. The van der Waals surface area contributed by atoms with Crippen LogP contribution in [0.15, 0.2) is 28.7 Å². The first-order valence-electron chi connectivity index (χ1n) is 8.83. The van der Waals surface area contributed by atoms with Gasteiger partial charge in [-0.25, -0.2) is 13.1 Å². The molecule has 0 bridgehead atoms. The van der Waals surface area contributed by atoms with Crippen LogP contribution in [-0.4, -0.2) is 44.6 Å². The van der Waals surface area contributed by atoms with Crippen LogP contribution in [0.4, 0.5) is 0 Å². The Balaban J connectivity index is 1.75. The Bertz CT molecular complexity index is 736. The zero-order valence-corrected chi connectivity index (χ0v) is 16.9. The van der Waals surface area contributed by atoms with Gasteiger partial charge in [-0.2, -0.15) is 0 Å². The Hall–Kier alpha value is -0.920. The SMILES string of the molecule is CS(=O)(=O)NC1CCN(C(=O)C2(c3cccc(Br)c3)CCCC2)CC1. The van der Waals surface area contributed by atoms with Gasteiger partial charge in [0.05, 0.1) is 11.7 Å². The highest BCUT2D eigenvalue weighted by Gasteiger charge is 2.45. The van der Waals surface area contributed by atoms with Gasteiger partial charge in [0, 0.05) is 23.6 Å². The molecule has 3 rings (SSSR count). The fraction of sp³-hybridized carbons (Fsp3) is 0.611. The highest BCUT2D eigenvalue weighted by Crippen LogP contribution is 2.43. The Kier molecular flexibility index (Phi) is 5.56. The Morgan fingerprint density at radius 3 is 2.44 bits per heavy atom. The molecule has 1 aliphatic carbocycles. The average molecular weight is 429 g/mol. The molecule has 2 aliphatic rings. The number of likely N-dealkylation sites (tertiary alicyclic amines) is 1. The maximum atomic E-state index is 13.4. The van der Waals surface area contributed by atoms with Crippen LogP contribution in [0.1, 0.15) is 44.1 Å². The Morgan fingerprint density at radius 2 is 1.88 bits per heavy atom. The van der Waals surface area contributed by atoms with Crippen LogP contribution in [0, 0.1) is 0 Å². The van der Waals surface area contributed by atoms with E-state index in [4.69, 9.17) is 0 Å². The molecular formula is C18H25BrN2O3S. The van der Waals surface area contributed by atoms with Crippen molar-refractivity contribution in [2.75, 3.05) is 19.3 Å². The van der Waals surface area contributed by atoms with Crippen LogP contribution in [0.5, 0.6) is 0 Å². The number of rotatable bonds is 4. The number of sulfonamides is 1. The number of piperidine rings is 1. The molecule has 1 N–H and O–H groups in total. The minimum atomic E-state index is -3.20. The first-order valence-corrected chi connectivity index (χ1v) is 11.5. The summed E-state index contributed by atoms with van der Waals surface area (Å²) in [4.78, 5) is 15.3. The average Bonchev–Trinajstić information content (AvgIpc) is 3.04. The van der Waals surface area contributed by atoms with Crippen LogP contribution in [0.25, 0.3) is 0 Å². The number of halogens is 1. The molecule has 1 aromatic rings. The summed E-state index contributed by atoms with van der Waals surface area (Å²) in [6.07, 6.45) is 6.47. The van der Waals surface area contributed by atoms with Gasteiger partial charge in [0.1, 0.15) is 0 Å². The maximum absolute atomic E-state index is 13.4. The minimum absolute atomic E-state index is 0.0653. The molecule has 1 aromatic carbocycles. The van der Waals surface area contributed by atoms with Gasteiger partial charge in [-0.1, -0.05) is 40.9 Å². The Labute approximate surface area is 158 Å². The van der Waals surface area contributed by atoms with E-state index in [9.17, 15) is 13.2 Å². The number of amides is 1. The largest absolute Gasteiger partial charge is 0.342 e.